The smallest absolute Gasteiger partial charge is 0.293 e. The molecule has 1 atom stereocenters. The molecule has 11 heteroatoms. The summed E-state index contributed by atoms with van der Waals surface area (Å²) >= 11 is 2.32. The lowest BCUT2D eigenvalue weighted by molar-refractivity contribution is -0.125. The van der Waals surface area contributed by atoms with E-state index in [1.165, 1.54) is 23.5 Å². The molecule has 3 rings (SSSR count). The maximum absolute atomic E-state index is 12.8. The quantitative estimate of drug-likeness (QED) is 0.462. The van der Waals surface area contributed by atoms with Gasteiger partial charge in [0.2, 0.25) is 15.9 Å². The van der Waals surface area contributed by atoms with Crippen LogP contribution in [-0.4, -0.2) is 49.5 Å². The van der Waals surface area contributed by atoms with E-state index in [0.717, 1.165) is 27.1 Å². The summed E-state index contributed by atoms with van der Waals surface area (Å²) in [5.41, 5.74) is 0.924. The highest BCUT2D eigenvalue weighted by molar-refractivity contribution is 8.18. The molecule has 2 heterocycles. The molecule has 1 unspecified atom stereocenters. The van der Waals surface area contributed by atoms with Gasteiger partial charge in [0.15, 0.2) is 0 Å². The number of aryl methyl sites for hydroxylation is 1. The molecule has 8 nitrogen and oxygen atoms in total. The van der Waals surface area contributed by atoms with E-state index in [1.54, 1.807) is 18.2 Å². The number of nitrogens with one attached hydrogen (secondary N) is 2. The van der Waals surface area contributed by atoms with Crippen molar-refractivity contribution in [2.75, 3.05) is 13.1 Å². The Morgan fingerprint density at radius 3 is 2.47 bits per heavy atom. The first-order valence-corrected chi connectivity index (χ1v) is 13.9. The number of carbonyl (C=O) groups is 3. The van der Waals surface area contributed by atoms with E-state index in [1.807, 2.05) is 38.3 Å². The van der Waals surface area contributed by atoms with Gasteiger partial charge in [-0.2, -0.15) is 4.72 Å². The van der Waals surface area contributed by atoms with E-state index >= 15 is 0 Å². The van der Waals surface area contributed by atoms with Crippen LogP contribution in [0.5, 0.6) is 0 Å². The van der Waals surface area contributed by atoms with E-state index in [9.17, 15) is 22.8 Å². The van der Waals surface area contributed by atoms with Crippen LogP contribution in [-0.2, 0) is 19.6 Å². The van der Waals surface area contributed by atoms with Gasteiger partial charge in [0.25, 0.3) is 11.1 Å². The molecular formula is C23H27N3O5S3. The van der Waals surface area contributed by atoms with Crippen molar-refractivity contribution in [3.8, 4) is 0 Å². The van der Waals surface area contributed by atoms with Gasteiger partial charge in [-0.3, -0.25) is 19.3 Å². The molecule has 0 saturated carbocycles. The Morgan fingerprint density at radius 1 is 1.15 bits per heavy atom. The minimum atomic E-state index is -3.90. The third-order valence-corrected chi connectivity index (χ3v) is 8.19. The monoisotopic (exact) mass is 521 g/mol. The highest BCUT2D eigenvalue weighted by atomic mass is 32.2. The number of benzene rings is 1. The number of amides is 3. The van der Waals surface area contributed by atoms with Crippen molar-refractivity contribution in [3.63, 3.8) is 0 Å². The standard InChI is InChI=1S/C23H27N3O5S3/c1-15(2)13-19(25-34(30,31)18-8-6-16(3)7-9-18)21(27)24-10-11-26-22(28)20(33-23(26)29)14-17-5-4-12-32-17/h4-9,12,14-15,19,25H,10-11,13H2,1-3H3,(H,24,27)/b20-14+. The van der Waals surface area contributed by atoms with Gasteiger partial charge in [-0.1, -0.05) is 37.6 Å². The van der Waals surface area contributed by atoms with Gasteiger partial charge >= 0.3 is 0 Å². The van der Waals surface area contributed by atoms with Gasteiger partial charge in [0.1, 0.15) is 6.04 Å². The summed E-state index contributed by atoms with van der Waals surface area (Å²) in [6.07, 6.45) is 1.97. The van der Waals surface area contributed by atoms with E-state index < -0.39 is 33.1 Å². The Bertz CT molecular complexity index is 1170. The molecule has 1 aromatic heterocycles. The molecule has 1 aromatic carbocycles. The summed E-state index contributed by atoms with van der Waals surface area (Å²) in [7, 11) is -3.90. The molecule has 2 N–H and O–H groups in total. The second-order valence-electron chi connectivity index (χ2n) is 8.26. The summed E-state index contributed by atoms with van der Waals surface area (Å²) in [5.74, 6) is -0.860. The highest BCUT2D eigenvalue weighted by Gasteiger charge is 2.35. The molecular weight excluding hydrogens is 494 g/mol. The zero-order valence-corrected chi connectivity index (χ0v) is 21.6. The van der Waals surface area contributed by atoms with Crippen LogP contribution in [0.15, 0.2) is 51.6 Å². The Kier molecular flexibility index (Phi) is 8.69. The van der Waals surface area contributed by atoms with Crippen LogP contribution in [0.4, 0.5) is 4.79 Å². The van der Waals surface area contributed by atoms with Crippen LogP contribution >= 0.6 is 23.1 Å². The first kappa shape index (κ1) is 26.1. The molecule has 1 saturated heterocycles. The molecule has 0 bridgehead atoms. The Labute approximate surface area is 207 Å². The Morgan fingerprint density at radius 2 is 1.85 bits per heavy atom. The third-order valence-electron chi connectivity index (χ3n) is 4.98. The summed E-state index contributed by atoms with van der Waals surface area (Å²) < 4.78 is 28.0. The fourth-order valence-corrected chi connectivity index (χ4v) is 6.06. The number of carbonyl (C=O) groups excluding carboxylic acids is 3. The van der Waals surface area contributed by atoms with E-state index in [-0.39, 0.29) is 23.9 Å². The molecule has 1 aliphatic rings. The number of thiophene rings is 1. The molecule has 1 fully saturated rings. The second-order valence-corrected chi connectivity index (χ2v) is 11.9. The molecule has 1 aliphatic heterocycles. The van der Waals surface area contributed by atoms with Crippen LogP contribution in [0.25, 0.3) is 6.08 Å². The number of nitrogens with zero attached hydrogens (tertiary/aromatic N) is 1. The number of thioether (sulfide) groups is 1. The summed E-state index contributed by atoms with van der Waals surface area (Å²) in [6, 6.07) is 9.09. The van der Waals surface area contributed by atoms with Crippen LogP contribution in [0.2, 0.25) is 0 Å². The summed E-state index contributed by atoms with van der Waals surface area (Å²) in [6.45, 7) is 5.65. The topological polar surface area (TPSA) is 113 Å². The van der Waals surface area contributed by atoms with Gasteiger partial charge in [0, 0.05) is 18.0 Å². The number of hydrogen-bond donors (Lipinski definition) is 2. The van der Waals surface area contributed by atoms with Crippen molar-refractivity contribution < 1.29 is 22.8 Å². The van der Waals surface area contributed by atoms with Gasteiger partial charge in [-0.25, -0.2) is 8.42 Å². The van der Waals surface area contributed by atoms with Crippen molar-refractivity contribution in [1.29, 1.82) is 0 Å². The summed E-state index contributed by atoms with van der Waals surface area (Å²) in [5, 5.41) is 4.14. The fraction of sp³-hybridized carbons (Fsp3) is 0.348. The molecule has 182 valence electrons. The van der Waals surface area contributed by atoms with Crippen molar-refractivity contribution >= 4 is 56.3 Å². The highest BCUT2D eigenvalue weighted by Crippen LogP contribution is 2.32. The molecule has 0 spiro atoms. The lowest BCUT2D eigenvalue weighted by Crippen LogP contribution is -2.49. The predicted octanol–water partition coefficient (Wildman–Crippen LogP) is 3.60. The average Bonchev–Trinajstić information content (AvgIpc) is 3.36. The van der Waals surface area contributed by atoms with Gasteiger partial charge in [-0.15, -0.1) is 11.3 Å². The van der Waals surface area contributed by atoms with Crippen LogP contribution < -0.4 is 10.0 Å². The van der Waals surface area contributed by atoms with E-state index in [4.69, 9.17) is 0 Å². The van der Waals surface area contributed by atoms with Crippen molar-refractivity contribution in [2.24, 2.45) is 5.92 Å². The minimum Gasteiger partial charge on any atom is -0.353 e. The van der Waals surface area contributed by atoms with Gasteiger partial charge in [0.05, 0.1) is 9.80 Å². The minimum absolute atomic E-state index is 0.00268. The molecule has 2 aromatic rings. The predicted molar refractivity (Wildman–Crippen MR) is 135 cm³/mol. The number of imide groups is 1. The van der Waals surface area contributed by atoms with Crippen LogP contribution in [0.1, 0.15) is 30.7 Å². The lowest BCUT2D eigenvalue weighted by Gasteiger charge is -2.21. The number of hydrogen-bond acceptors (Lipinski definition) is 7. The molecule has 0 aliphatic carbocycles. The van der Waals surface area contributed by atoms with E-state index in [2.05, 4.69) is 10.0 Å². The fourth-order valence-electron chi connectivity index (χ4n) is 3.26. The Hall–Kier alpha value is -2.47. The Balaban J connectivity index is 1.61. The first-order chi connectivity index (χ1) is 16.1. The van der Waals surface area contributed by atoms with Crippen LogP contribution in [0, 0.1) is 12.8 Å². The third kappa shape index (κ3) is 6.78. The largest absolute Gasteiger partial charge is 0.353 e. The van der Waals surface area contributed by atoms with Crippen molar-refractivity contribution in [1.82, 2.24) is 14.9 Å². The maximum Gasteiger partial charge on any atom is 0.293 e. The van der Waals surface area contributed by atoms with Gasteiger partial charge in [-0.05, 0) is 60.7 Å². The normalized spacial score (nSPS) is 16.5. The average molecular weight is 522 g/mol. The molecule has 34 heavy (non-hydrogen) atoms. The number of sulfonamides is 1. The van der Waals surface area contributed by atoms with Crippen molar-refractivity contribution in [3.05, 3.63) is 57.1 Å². The number of rotatable bonds is 10. The first-order valence-electron chi connectivity index (χ1n) is 10.7. The SMILES string of the molecule is Cc1ccc(S(=O)(=O)NC(CC(C)C)C(=O)NCCN2C(=O)S/C(=C/c3cccs3)C2=O)cc1. The van der Waals surface area contributed by atoms with Crippen LogP contribution in [0.3, 0.4) is 0 Å². The van der Waals surface area contributed by atoms with Gasteiger partial charge < -0.3 is 5.32 Å². The second kappa shape index (κ2) is 11.3. The maximum atomic E-state index is 12.8. The molecule has 3 amide bonds. The lowest BCUT2D eigenvalue weighted by atomic mass is 10.0. The zero-order chi connectivity index (χ0) is 24.9. The zero-order valence-electron chi connectivity index (χ0n) is 19.1. The van der Waals surface area contributed by atoms with Crippen molar-refractivity contribution in [2.45, 2.75) is 38.1 Å². The molecule has 0 radical (unpaired) electrons. The van der Waals surface area contributed by atoms with E-state index in [0.29, 0.717) is 11.3 Å². The summed E-state index contributed by atoms with van der Waals surface area (Å²) in [4.78, 5) is 40.0.